The Kier molecular flexibility index (Phi) is 9.22. The molecule has 0 aromatic rings. The van der Waals surface area contributed by atoms with Crippen LogP contribution in [0.2, 0.25) is 0 Å². The molecule has 0 saturated carbocycles. The van der Waals surface area contributed by atoms with Gasteiger partial charge in [-0.25, -0.2) is 4.79 Å². The van der Waals surface area contributed by atoms with E-state index in [-0.39, 0.29) is 24.9 Å². The average molecular weight is 261 g/mol. The van der Waals surface area contributed by atoms with Crippen LogP contribution in [0.5, 0.6) is 0 Å². The van der Waals surface area contributed by atoms with Crippen molar-refractivity contribution in [2.24, 2.45) is 5.92 Å². The van der Waals surface area contributed by atoms with Crippen LogP contribution in [0.3, 0.4) is 0 Å². The number of rotatable bonds is 10. The minimum Gasteiger partial charge on any atom is -0.480 e. The molecule has 6 heteroatoms. The molecule has 2 unspecified atom stereocenters. The first-order valence-corrected chi connectivity index (χ1v) is 6.11. The Hall–Kier alpha value is -1.14. The van der Waals surface area contributed by atoms with Crippen molar-refractivity contribution in [3.8, 4) is 0 Å². The maximum Gasteiger partial charge on any atom is 0.326 e. The molecule has 0 radical (unpaired) electrons. The molecule has 1 amide bonds. The molecular formula is C12H23NO5. The number of methoxy groups -OCH3 is 1. The Balaban J connectivity index is 3.92. The van der Waals surface area contributed by atoms with Crippen LogP contribution in [0, 0.1) is 5.92 Å². The van der Waals surface area contributed by atoms with Crippen LogP contribution in [0.15, 0.2) is 0 Å². The predicted molar refractivity (Wildman–Crippen MR) is 66.3 cm³/mol. The molecule has 2 atom stereocenters. The van der Waals surface area contributed by atoms with E-state index in [1.54, 1.807) is 14.0 Å². The highest BCUT2D eigenvalue weighted by molar-refractivity contribution is 5.83. The lowest BCUT2D eigenvalue weighted by Crippen LogP contribution is -2.45. The van der Waals surface area contributed by atoms with Crippen LogP contribution in [0.25, 0.3) is 0 Å². The Labute approximate surface area is 108 Å². The van der Waals surface area contributed by atoms with Gasteiger partial charge < -0.3 is 19.9 Å². The van der Waals surface area contributed by atoms with Gasteiger partial charge in [-0.15, -0.1) is 0 Å². The van der Waals surface area contributed by atoms with Gasteiger partial charge in [-0.05, 0) is 5.92 Å². The Morgan fingerprint density at radius 1 is 1.28 bits per heavy atom. The fraction of sp³-hybridized carbons (Fsp3) is 0.833. The summed E-state index contributed by atoms with van der Waals surface area (Å²) in [4.78, 5) is 22.5. The predicted octanol–water partition coefficient (Wildman–Crippen LogP) is 0.655. The average Bonchev–Trinajstić information content (AvgIpc) is 2.34. The maximum atomic E-state index is 11.5. The van der Waals surface area contributed by atoms with E-state index in [2.05, 4.69) is 5.32 Å². The smallest absolute Gasteiger partial charge is 0.326 e. The lowest BCUT2D eigenvalue weighted by Gasteiger charge is -2.20. The molecule has 0 aromatic carbocycles. The van der Waals surface area contributed by atoms with Crippen molar-refractivity contribution in [1.29, 1.82) is 0 Å². The van der Waals surface area contributed by atoms with E-state index in [1.807, 2.05) is 6.92 Å². The van der Waals surface area contributed by atoms with Crippen LogP contribution < -0.4 is 5.32 Å². The van der Waals surface area contributed by atoms with E-state index in [9.17, 15) is 9.59 Å². The molecule has 0 aliphatic heterocycles. The zero-order valence-corrected chi connectivity index (χ0v) is 11.3. The van der Waals surface area contributed by atoms with Crippen LogP contribution >= 0.6 is 0 Å². The maximum absolute atomic E-state index is 11.5. The van der Waals surface area contributed by atoms with Crippen molar-refractivity contribution in [3.63, 3.8) is 0 Å². The number of nitrogens with one attached hydrogen (secondary N) is 1. The van der Waals surface area contributed by atoms with Gasteiger partial charge >= 0.3 is 5.97 Å². The third-order valence-corrected chi connectivity index (χ3v) is 2.70. The Morgan fingerprint density at radius 3 is 2.44 bits per heavy atom. The minimum absolute atomic E-state index is 0.0964. The SMILES string of the molecule is CCC(C)C(NC(=O)CCOCCOC)C(=O)O. The molecule has 0 fully saturated rings. The molecule has 0 aliphatic rings. The first-order chi connectivity index (χ1) is 8.52. The molecule has 6 nitrogen and oxygen atoms in total. The molecule has 106 valence electrons. The number of hydrogen-bond donors (Lipinski definition) is 2. The van der Waals surface area contributed by atoms with Gasteiger partial charge in [0.05, 0.1) is 19.8 Å². The van der Waals surface area contributed by atoms with E-state index >= 15 is 0 Å². The van der Waals surface area contributed by atoms with E-state index < -0.39 is 12.0 Å². The third-order valence-electron chi connectivity index (χ3n) is 2.70. The van der Waals surface area contributed by atoms with Crippen molar-refractivity contribution >= 4 is 11.9 Å². The topological polar surface area (TPSA) is 84.9 Å². The highest BCUT2D eigenvalue weighted by Gasteiger charge is 2.24. The fourth-order valence-electron chi connectivity index (χ4n) is 1.34. The normalized spacial score (nSPS) is 13.9. The number of carbonyl (C=O) groups excluding carboxylic acids is 1. The van der Waals surface area contributed by atoms with Crippen LogP contribution in [0.4, 0.5) is 0 Å². The first kappa shape index (κ1) is 16.9. The van der Waals surface area contributed by atoms with Crippen LogP contribution in [-0.4, -0.2) is 50.0 Å². The lowest BCUT2D eigenvalue weighted by atomic mass is 9.99. The van der Waals surface area contributed by atoms with Gasteiger partial charge in [-0.1, -0.05) is 20.3 Å². The summed E-state index contributed by atoms with van der Waals surface area (Å²) in [6, 6.07) is -0.832. The second kappa shape index (κ2) is 9.85. The van der Waals surface area contributed by atoms with Gasteiger partial charge in [0.15, 0.2) is 0 Å². The zero-order valence-electron chi connectivity index (χ0n) is 11.3. The first-order valence-electron chi connectivity index (χ1n) is 6.11. The second-order valence-electron chi connectivity index (χ2n) is 4.12. The molecule has 0 saturated heterocycles. The highest BCUT2D eigenvalue weighted by atomic mass is 16.5. The van der Waals surface area contributed by atoms with Gasteiger partial charge in [0, 0.05) is 13.5 Å². The molecule has 2 N–H and O–H groups in total. The number of aliphatic carboxylic acids is 1. The van der Waals surface area contributed by atoms with Crippen molar-refractivity contribution < 1.29 is 24.2 Å². The summed E-state index contributed by atoms with van der Waals surface area (Å²) in [5, 5.41) is 11.5. The van der Waals surface area contributed by atoms with Crippen LogP contribution in [0.1, 0.15) is 26.7 Å². The van der Waals surface area contributed by atoms with E-state index in [4.69, 9.17) is 14.6 Å². The zero-order chi connectivity index (χ0) is 14.0. The van der Waals surface area contributed by atoms with Crippen LogP contribution in [-0.2, 0) is 19.1 Å². The lowest BCUT2D eigenvalue weighted by molar-refractivity contribution is -0.143. The molecule has 0 rings (SSSR count). The van der Waals surface area contributed by atoms with Crippen molar-refractivity contribution in [2.75, 3.05) is 26.9 Å². The van der Waals surface area contributed by atoms with Gasteiger partial charge in [0.2, 0.25) is 5.91 Å². The van der Waals surface area contributed by atoms with Gasteiger partial charge in [-0.3, -0.25) is 4.79 Å². The number of carboxylic acid groups (broad SMARTS) is 1. The fourth-order valence-corrected chi connectivity index (χ4v) is 1.34. The van der Waals surface area contributed by atoms with Gasteiger partial charge in [0.25, 0.3) is 0 Å². The highest BCUT2D eigenvalue weighted by Crippen LogP contribution is 2.08. The molecule has 0 spiro atoms. The van der Waals surface area contributed by atoms with E-state index in [1.165, 1.54) is 0 Å². The van der Waals surface area contributed by atoms with Crippen molar-refractivity contribution in [2.45, 2.75) is 32.7 Å². The van der Waals surface area contributed by atoms with E-state index in [0.29, 0.717) is 19.6 Å². The summed E-state index contributed by atoms with van der Waals surface area (Å²) in [5.74, 6) is -1.40. The van der Waals surface area contributed by atoms with E-state index in [0.717, 1.165) is 0 Å². The number of carboxylic acids is 1. The number of amides is 1. The third kappa shape index (κ3) is 7.24. The minimum atomic E-state index is -1.00. The molecule has 0 aromatic heterocycles. The van der Waals surface area contributed by atoms with Crippen molar-refractivity contribution in [1.82, 2.24) is 5.32 Å². The van der Waals surface area contributed by atoms with Gasteiger partial charge in [-0.2, -0.15) is 0 Å². The summed E-state index contributed by atoms with van der Waals surface area (Å²) < 4.78 is 9.93. The number of hydrogen-bond acceptors (Lipinski definition) is 4. The summed E-state index contributed by atoms with van der Waals surface area (Å²) in [6.45, 7) is 4.86. The monoisotopic (exact) mass is 261 g/mol. The number of carbonyl (C=O) groups is 2. The largest absolute Gasteiger partial charge is 0.480 e. The molecule has 18 heavy (non-hydrogen) atoms. The summed E-state index contributed by atoms with van der Waals surface area (Å²) >= 11 is 0. The summed E-state index contributed by atoms with van der Waals surface area (Å²) in [6.07, 6.45) is 0.853. The van der Waals surface area contributed by atoms with Crippen molar-refractivity contribution in [3.05, 3.63) is 0 Å². The molecule has 0 bridgehead atoms. The number of ether oxygens (including phenoxy) is 2. The Morgan fingerprint density at radius 2 is 1.94 bits per heavy atom. The quantitative estimate of drug-likeness (QED) is 0.564. The second-order valence-corrected chi connectivity index (χ2v) is 4.12. The molecule has 0 heterocycles. The van der Waals surface area contributed by atoms with Gasteiger partial charge in [0.1, 0.15) is 6.04 Å². The Bertz CT molecular complexity index is 257. The molecular weight excluding hydrogens is 238 g/mol. The summed E-state index contributed by atoms with van der Waals surface area (Å²) in [7, 11) is 1.57. The standard InChI is InChI=1S/C12H23NO5/c1-4-9(2)11(12(15)16)13-10(14)5-6-18-8-7-17-3/h9,11H,4-8H2,1-3H3,(H,13,14)(H,15,16). The molecule has 0 aliphatic carbocycles. The summed E-state index contributed by atoms with van der Waals surface area (Å²) in [5.41, 5.74) is 0.